The molecule has 0 aliphatic heterocycles. The van der Waals surface area contributed by atoms with E-state index in [2.05, 4.69) is 5.32 Å². The van der Waals surface area contributed by atoms with Gasteiger partial charge in [0.15, 0.2) is 0 Å². The minimum atomic E-state index is -0.578. The van der Waals surface area contributed by atoms with Crippen LogP contribution in [0.5, 0.6) is 0 Å². The topological polar surface area (TPSA) is 29.1 Å². The third kappa shape index (κ3) is 3.33. The highest BCUT2D eigenvalue weighted by molar-refractivity contribution is 6.30. The maximum Gasteiger partial charge on any atom is 0.254 e. The zero-order chi connectivity index (χ0) is 14.7. The summed E-state index contributed by atoms with van der Waals surface area (Å²) < 4.78 is 26.5. The van der Waals surface area contributed by atoms with Crippen molar-refractivity contribution in [2.75, 3.05) is 0 Å². The zero-order valence-corrected chi connectivity index (χ0v) is 11.5. The van der Waals surface area contributed by atoms with E-state index in [1.54, 1.807) is 13.0 Å². The van der Waals surface area contributed by atoms with E-state index in [-0.39, 0.29) is 17.1 Å². The number of hydrogen-bond acceptors (Lipinski definition) is 1. The Hall–Kier alpha value is -1.94. The van der Waals surface area contributed by atoms with E-state index in [1.165, 1.54) is 30.3 Å². The van der Waals surface area contributed by atoms with E-state index in [9.17, 15) is 13.6 Å². The lowest BCUT2D eigenvalue weighted by atomic mass is 10.1. The fraction of sp³-hybridized carbons (Fsp3) is 0.133. The molecule has 1 N–H and O–H groups in total. The number of carbonyl (C=O) groups excluding carboxylic acids is 1. The van der Waals surface area contributed by atoms with Crippen LogP contribution in [0.3, 0.4) is 0 Å². The van der Waals surface area contributed by atoms with Gasteiger partial charge in [0, 0.05) is 6.54 Å². The van der Waals surface area contributed by atoms with Crippen molar-refractivity contribution in [3.8, 4) is 0 Å². The number of halogens is 3. The summed E-state index contributed by atoms with van der Waals surface area (Å²) in [5, 5.41) is 2.55. The van der Waals surface area contributed by atoms with Gasteiger partial charge in [0.1, 0.15) is 11.6 Å². The first kappa shape index (κ1) is 14.5. The highest BCUT2D eigenvalue weighted by Gasteiger charge is 2.11. The molecule has 0 atom stereocenters. The highest BCUT2D eigenvalue weighted by atomic mass is 35.5. The fourth-order valence-corrected chi connectivity index (χ4v) is 1.94. The number of rotatable bonds is 3. The Labute approximate surface area is 120 Å². The Morgan fingerprint density at radius 1 is 1.15 bits per heavy atom. The third-order valence-corrected chi connectivity index (χ3v) is 3.09. The van der Waals surface area contributed by atoms with Crippen molar-refractivity contribution >= 4 is 17.5 Å². The van der Waals surface area contributed by atoms with Crippen molar-refractivity contribution < 1.29 is 13.6 Å². The number of amides is 1. The largest absolute Gasteiger partial charge is 0.348 e. The molecule has 0 spiro atoms. The van der Waals surface area contributed by atoms with Gasteiger partial charge in [0.2, 0.25) is 0 Å². The second-order valence-corrected chi connectivity index (χ2v) is 4.82. The Morgan fingerprint density at radius 3 is 2.55 bits per heavy atom. The summed E-state index contributed by atoms with van der Waals surface area (Å²) >= 11 is 5.64. The first-order valence-corrected chi connectivity index (χ1v) is 6.33. The smallest absolute Gasteiger partial charge is 0.254 e. The number of nitrogens with one attached hydrogen (secondary N) is 1. The first-order chi connectivity index (χ1) is 9.47. The Balaban J connectivity index is 2.08. The second kappa shape index (κ2) is 6.01. The summed E-state index contributed by atoms with van der Waals surface area (Å²) in [6.07, 6.45) is 0. The second-order valence-electron chi connectivity index (χ2n) is 4.41. The van der Waals surface area contributed by atoms with Crippen LogP contribution >= 0.6 is 11.6 Å². The van der Waals surface area contributed by atoms with Gasteiger partial charge in [-0.15, -0.1) is 0 Å². The van der Waals surface area contributed by atoms with Crippen LogP contribution in [0.25, 0.3) is 0 Å². The molecule has 0 saturated carbocycles. The summed E-state index contributed by atoms with van der Waals surface area (Å²) in [6.45, 7) is 1.92. The van der Waals surface area contributed by atoms with E-state index in [4.69, 9.17) is 11.6 Å². The van der Waals surface area contributed by atoms with Crippen LogP contribution in [-0.2, 0) is 6.54 Å². The monoisotopic (exact) mass is 295 g/mol. The molecule has 0 saturated heterocycles. The van der Waals surface area contributed by atoms with Crippen LogP contribution in [0.1, 0.15) is 21.5 Å². The zero-order valence-electron chi connectivity index (χ0n) is 10.7. The number of hydrogen-bond donors (Lipinski definition) is 1. The van der Waals surface area contributed by atoms with Crippen LogP contribution < -0.4 is 5.32 Å². The van der Waals surface area contributed by atoms with E-state index in [1.807, 2.05) is 0 Å². The summed E-state index contributed by atoms with van der Waals surface area (Å²) in [5.41, 5.74) is 1.41. The molecular formula is C15H12ClF2NO. The molecule has 104 valence electrons. The van der Waals surface area contributed by atoms with Gasteiger partial charge in [0.05, 0.1) is 10.6 Å². The lowest BCUT2D eigenvalue weighted by Gasteiger charge is -2.07. The molecule has 0 aliphatic carbocycles. The number of aryl methyl sites for hydroxylation is 1. The fourth-order valence-electron chi connectivity index (χ4n) is 1.74. The van der Waals surface area contributed by atoms with E-state index < -0.39 is 17.5 Å². The Morgan fingerprint density at radius 2 is 1.85 bits per heavy atom. The molecule has 0 aromatic heterocycles. The van der Waals surface area contributed by atoms with Crippen LogP contribution in [0.4, 0.5) is 8.78 Å². The lowest BCUT2D eigenvalue weighted by Crippen LogP contribution is -2.24. The average Bonchev–Trinajstić information content (AvgIpc) is 2.42. The van der Waals surface area contributed by atoms with Gasteiger partial charge in [-0.3, -0.25) is 4.79 Å². The summed E-state index contributed by atoms with van der Waals surface area (Å²) in [6, 6.07) is 8.46. The molecule has 2 nitrogen and oxygen atoms in total. The standard InChI is InChI=1S/C15H12ClF2NO/c1-9-2-4-13(17)11(6-9)15(20)19-8-10-3-5-14(18)12(16)7-10/h2-7H,8H2,1H3,(H,19,20). The molecule has 0 unspecified atom stereocenters. The van der Waals surface area contributed by atoms with Gasteiger partial charge in [-0.2, -0.15) is 0 Å². The van der Waals surface area contributed by atoms with Gasteiger partial charge in [-0.05, 0) is 36.8 Å². The quantitative estimate of drug-likeness (QED) is 0.915. The number of carbonyl (C=O) groups is 1. The molecule has 2 rings (SSSR count). The van der Waals surface area contributed by atoms with Crippen molar-refractivity contribution in [3.63, 3.8) is 0 Å². The molecule has 5 heteroatoms. The molecule has 1 amide bonds. The van der Waals surface area contributed by atoms with Crippen molar-refractivity contribution in [2.45, 2.75) is 13.5 Å². The summed E-state index contributed by atoms with van der Waals surface area (Å²) in [7, 11) is 0. The van der Waals surface area contributed by atoms with E-state index in [0.717, 1.165) is 5.56 Å². The molecule has 0 fully saturated rings. The third-order valence-electron chi connectivity index (χ3n) is 2.80. The summed E-state index contributed by atoms with van der Waals surface area (Å²) in [4.78, 5) is 11.9. The lowest BCUT2D eigenvalue weighted by molar-refractivity contribution is 0.0947. The van der Waals surface area contributed by atoms with Crippen molar-refractivity contribution in [1.29, 1.82) is 0 Å². The maximum atomic E-state index is 13.5. The van der Waals surface area contributed by atoms with Crippen LogP contribution in [0.15, 0.2) is 36.4 Å². The molecule has 2 aromatic carbocycles. The molecule has 2 aromatic rings. The van der Waals surface area contributed by atoms with Crippen molar-refractivity contribution in [3.05, 3.63) is 69.7 Å². The predicted octanol–water partition coefficient (Wildman–Crippen LogP) is 3.86. The van der Waals surface area contributed by atoms with Gasteiger partial charge in [-0.1, -0.05) is 29.3 Å². The van der Waals surface area contributed by atoms with Crippen molar-refractivity contribution in [1.82, 2.24) is 5.32 Å². The molecule has 0 bridgehead atoms. The van der Waals surface area contributed by atoms with E-state index >= 15 is 0 Å². The maximum absolute atomic E-state index is 13.5. The van der Waals surface area contributed by atoms with Crippen LogP contribution in [-0.4, -0.2) is 5.91 Å². The van der Waals surface area contributed by atoms with Crippen LogP contribution in [0.2, 0.25) is 5.02 Å². The predicted molar refractivity (Wildman–Crippen MR) is 73.7 cm³/mol. The van der Waals surface area contributed by atoms with Gasteiger partial charge in [-0.25, -0.2) is 8.78 Å². The average molecular weight is 296 g/mol. The van der Waals surface area contributed by atoms with Crippen molar-refractivity contribution in [2.24, 2.45) is 0 Å². The minimum Gasteiger partial charge on any atom is -0.348 e. The molecule has 0 heterocycles. The SMILES string of the molecule is Cc1ccc(F)c(C(=O)NCc2ccc(F)c(Cl)c2)c1. The molecule has 0 aliphatic rings. The first-order valence-electron chi connectivity index (χ1n) is 5.95. The Bertz CT molecular complexity index is 658. The van der Waals surface area contributed by atoms with Gasteiger partial charge < -0.3 is 5.32 Å². The molecule has 0 radical (unpaired) electrons. The summed E-state index contributed by atoms with van der Waals surface area (Å²) in [5.74, 6) is -1.62. The van der Waals surface area contributed by atoms with Crippen LogP contribution in [0, 0.1) is 18.6 Å². The Kier molecular flexibility index (Phi) is 4.35. The normalized spacial score (nSPS) is 10.4. The molecular weight excluding hydrogens is 284 g/mol. The number of benzene rings is 2. The van der Waals surface area contributed by atoms with Gasteiger partial charge in [0.25, 0.3) is 5.91 Å². The highest BCUT2D eigenvalue weighted by Crippen LogP contribution is 2.16. The van der Waals surface area contributed by atoms with E-state index in [0.29, 0.717) is 5.56 Å². The minimum absolute atomic E-state index is 0.0153. The van der Waals surface area contributed by atoms with Gasteiger partial charge >= 0.3 is 0 Å². The molecule has 20 heavy (non-hydrogen) atoms.